The molecule has 0 saturated carbocycles. The fourth-order valence-corrected chi connectivity index (χ4v) is 3.40. The lowest BCUT2D eigenvalue weighted by molar-refractivity contribution is -0.127. The number of nitrogens with one attached hydrogen (secondary N) is 2. The minimum absolute atomic E-state index is 0.269. The highest BCUT2D eigenvalue weighted by Crippen LogP contribution is 2.20. The SMILES string of the molecule is CN=C(NCCCC(C)(C)C)NCC1CC(=O)N(CCc2ccccc2)C1. The van der Waals surface area contributed by atoms with Gasteiger partial charge >= 0.3 is 0 Å². The van der Waals surface area contributed by atoms with Gasteiger partial charge in [0.2, 0.25) is 5.91 Å². The van der Waals surface area contributed by atoms with E-state index in [2.05, 4.69) is 48.5 Å². The molecule has 27 heavy (non-hydrogen) atoms. The quantitative estimate of drug-likeness (QED) is 0.419. The molecule has 0 spiro atoms. The Bertz CT molecular complexity index is 606. The van der Waals surface area contributed by atoms with Gasteiger partial charge in [0, 0.05) is 45.6 Å². The molecule has 1 unspecified atom stereocenters. The van der Waals surface area contributed by atoms with E-state index < -0.39 is 0 Å². The van der Waals surface area contributed by atoms with E-state index in [-0.39, 0.29) is 5.91 Å². The normalized spacial score (nSPS) is 18.1. The smallest absolute Gasteiger partial charge is 0.223 e. The van der Waals surface area contributed by atoms with Gasteiger partial charge in [-0.2, -0.15) is 0 Å². The number of carbonyl (C=O) groups excluding carboxylic acids is 1. The Labute approximate surface area is 164 Å². The van der Waals surface area contributed by atoms with Gasteiger partial charge in [-0.1, -0.05) is 51.1 Å². The second-order valence-electron chi connectivity index (χ2n) is 8.69. The van der Waals surface area contributed by atoms with E-state index in [0.29, 0.717) is 17.8 Å². The molecule has 0 aliphatic carbocycles. The Balaban J connectivity index is 1.67. The molecular formula is C22H36N4O. The van der Waals surface area contributed by atoms with E-state index >= 15 is 0 Å². The van der Waals surface area contributed by atoms with Crippen molar-refractivity contribution in [3.63, 3.8) is 0 Å². The Morgan fingerprint density at radius 2 is 1.96 bits per heavy atom. The molecule has 1 fully saturated rings. The summed E-state index contributed by atoms with van der Waals surface area (Å²) < 4.78 is 0. The largest absolute Gasteiger partial charge is 0.356 e. The molecule has 5 heteroatoms. The number of guanidine groups is 1. The summed E-state index contributed by atoms with van der Waals surface area (Å²) >= 11 is 0. The number of rotatable bonds is 8. The van der Waals surface area contributed by atoms with Gasteiger partial charge in [0.1, 0.15) is 0 Å². The first-order chi connectivity index (χ1) is 12.9. The van der Waals surface area contributed by atoms with E-state index in [4.69, 9.17) is 0 Å². The molecule has 1 saturated heterocycles. The summed E-state index contributed by atoms with van der Waals surface area (Å²) in [7, 11) is 1.80. The van der Waals surface area contributed by atoms with Gasteiger partial charge in [-0.05, 0) is 30.2 Å². The zero-order chi connectivity index (χ0) is 19.7. The topological polar surface area (TPSA) is 56.7 Å². The summed E-state index contributed by atoms with van der Waals surface area (Å²) in [6.45, 7) is 10.1. The van der Waals surface area contributed by atoms with Crippen LogP contribution in [0.1, 0.15) is 45.6 Å². The highest BCUT2D eigenvalue weighted by atomic mass is 16.2. The Kier molecular flexibility index (Phi) is 8.14. The van der Waals surface area contributed by atoms with Crippen LogP contribution in [0.3, 0.4) is 0 Å². The third-order valence-corrected chi connectivity index (χ3v) is 4.99. The van der Waals surface area contributed by atoms with E-state index in [1.807, 2.05) is 23.1 Å². The van der Waals surface area contributed by atoms with Crippen molar-refractivity contribution < 1.29 is 4.79 Å². The highest BCUT2D eigenvalue weighted by molar-refractivity contribution is 5.80. The van der Waals surface area contributed by atoms with Crippen LogP contribution in [0, 0.1) is 11.3 Å². The minimum Gasteiger partial charge on any atom is -0.356 e. The minimum atomic E-state index is 0.269. The summed E-state index contributed by atoms with van der Waals surface area (Å²) in [6.07, 6.45) is 3.86. The van der Waals surface area contributed by atoms with E-state index in [0.717, 1.165) is 45.0 Å². The first-order valence-corrected chi connectivity index (χ1v) is 10.1. The summed E-state index contributed by atoms with van der Waals surface area (Å²) in [5, 5.41) is 6.76. The van der Waals surface area contributed by atoms with Crippen molar-refractivity contribution in [3.8, 4) is 0 Å². The monoisotopic (exact) mass is 372 g/mol. The molecule has 2 rings (SSSR count). The van der Waals surface area contributed by atoms with E-state index in [1.54, 1.807) is 7.05 Å². The molecule has 1 aliphatic heterocycles. The van der Waals surface area contributed by atoms with Crippen molar-refractivity contribution in [3.05, 3.63) is 35.9 Å². The van der Waals surface area contributed by atoms with Gasteiger partial charge in [0.15, 0.2) is 5.96 Å². The van der Waals surface area contributed by atoms with Crippen LogP contribution in [-0.2, 0) is 11.2 Å². The lowest BCUT2D eigenvalue weighted by atomic mass is 9.91. The van der Waals surface area contributed by atoms with Crippen LogP contribution >= 0.6 is 0 Å². The molecule has 5 nitrogen and oxygen atoms in total. The summed E-state index contributed by atoms with van der Waals surface area (Å²) in [4.78, 5) is 18.6. The van der Waals surface area contributed by atoms with Gasteiger partial charge in [0.05, 0.1) is 0 Å². The maximum absolute atomic E-state index is 12.3. The van der Waals surface area contributed by atoms with Gasteiger partial charge in [-0.3, -0.25) is 9.79 Å². The zero-order valence-electron chi connectivity index (χ0n) is 17.4. The molecule has 1 amide bonds. The van der Waals surface area contributed by atoms with Crippen molar-refractivity contribution in [2.24, 2.45) is 16.3 Å². The molecule has 150 valence electrons. The predicted molar refractivity (Wildman–Crippen MR) is 113 cm³/mol. The van der Waals surface area contributed by atoms with Gasteiger partial charge < -0.3 is 15.5 Å². The number of aliphatic imine (C=N–C) groups is 1. The number of amides is 1. The van der Waals surface area contributed by atoms with Crippen molar-refractivity contribution in [1.82, 2.24) is 15.5 Å². The van der Waals surface area contributed by atoms with Crippen LogP contribution in [0.25, 0.3) is 0 Å². The fourth-order valence-electron chi connectivity index (χ4n) is 3.40. The zero-order valence-corrected chi connectivity index (χ0v) is 17.4. The number of hydrogen-bond donors (Lipinski definition) is 2. The van der Waals surface area contributed by atoms with E-state index in [9.17, 15) is 4.79 Å². The number of benzene rings is 1. The van der Waals surface area contributed by atoms with Crippen LogP contribution in [-0.4, -0.2) is 50.0 Å². The average Bonchev–Trinajstić information content (AvgIpc) is 2.99. The number of carbonyl (C=O) groups is 1. The molecule has 1 aromatic carbocycles. The lowest BCUT2D eigenvalue weighted by Crippen LogP contribution is -2.40. The second kappa shape index (κ2) is 10.3. The number of nitrogens with zero attached hydrogens (tertiary/aromatic N) is 2. The molecule has 1 heterocycles. The van der Waals surface area contributed by atoms with Crippen molar-refractivity contribution in [1.29, 1.82) is 0 Å². The van der Waals surface area contributed by atoms with Gasteiger partial charge in [-0.25, -0.2) is 0 Å². The van der Waals surface area contributed by atoms with Crippen LogP contribution in [0.4, 0.5) is 0 Å². The third kappa shape index (κ3) is 8.02. The van der Waals surface area contributed by atoms with Crippen LogP contribution in [0.5, 0.6) is 0 Å². The summed E-state index contributed by atoms with van der Waals surface area (Å²) in [6, 6.07) is 10.4. The van der Waals surface area contributed by atoms with Crippen LogP contribution in [0.2, 0.25) is 0 Å². The maximum atomic E-state index is 12.3. The van der Waals surface area contributed by atoms with Gasteiger partial charge in [-0.15, -0.1) is 0 Å². The third-order valence-electron chi connectivity index (χ3n) is 4.99. The molecule has 1 aromatic rings. The van der Waals surface area contributed by atoms with Crippen LogP contribution < -0.4 is 10.6 Å². The van der Waals surface area contributed by atoms with Gasteiger partial charge in [0.25, 0.3) is 0 Å². The first kappa shape index (κ1) is 21.3. The number of likely N-dealkylation sites (tertiary alicyclic amines) is 1. The Morgan fingerprint density at radius 3 is 2.63 bits per heavy atom. The highest BCUT2D eigenvalue weighted by Gasteiger charge is 2.29. The molecule has 1 atom stereocenters. The number of hydrogen-bond acceptors (Lipinski definition) is 2. The molecule has 0 aromatic heterocycles. The maximum Gasteiger partial charge on any atom is 0.223 e. The summed E-state index contributed by atoms with van der Waals surface area (Å²) in [5.41, 5.74) is 1.65. The van der Waals surface area contributed by atoms with Crippen molar-refractivity contribution >= 4 is 11.9 Å². The average molecular weight is 373 g/mol. The first-order valence-electron chi connectivity index (χ1n) is 10.1. The van der Waals surface area contributed by atoms with Crippen LogP contribution in [0.15, 0.2) is 35.3 Å². The predicted octanol–water partition coefficient (Wildman–Crippen LogP) is 3.07. The Hall–Kier alpha value is -2.04. The molecular weight excluding hydrogens is 336 g/mol. The molecule has 2 N–H and O–H groups in total. The lowest BCUT2D eigenvalue weighted by Gasteiger charge is -2.19. The van der Waals surface area contributed by atoms with E-state index in [1.165, 1.54) is 12.0 Å². The molecule has 1 aliphatic rings. The van der Waals surface area contributed by atoms with Crippen molar-refractivity contribution in [2.75, 3.05) is 33.2 Å². The molecule has 0 radical (unpaired) electrons. The van der Waals surface area contributed by atoms with Crippen molar-refractivity contribution in [2.45, 2.75) is 46.5 Å². The Morgan fingerprint density at radius 1 is 1.22 bits per heavy atom. The summed E-state index contributed by atoms with van der Waals surface area (Å²) in [5.74, 6) is 1.45. The fraction of sp³-hybridized carbons (Fsp3) is 0.636. The second-order valence-corrected chi connectivity index (χ2v) is 8.69. The standard InChI is InChI=1S/C22H36N4O/c1-22(2,3)12-8-13-24-21(23-4)25-16-19-15-20(27)26(17-19)14-11-18-9-6-5-7-10-18/h5-7,9-10,19H,8,11-17H2,1-4H3,(H2,23,24,25). The molecule has 0 bridgehead atoms.